The number of rotatable bonds is 4. The average molecular weight is 325 g/mol. The zero-order valence-corrected chi connectivity index (χ0v) is 13.4. The van der Waals surface area contributed by atoms with Crippen molar-refractivity contribution in [3.63, 3.8) is 0 Å². The van der Waals surface area contributed by atoms with Gasteiger partial charge in [-0.3, -0.25) is 0 Å². The molecule has 0 aliphatic rings. The van der Waals surface area contributed by atoms with Crippen LogP contribution in [-0.4, -0.2) is 15.0 Å². The minimum atomic E-state index is 0.786. The second-order valence-electron chi connectivity index (χ2n) is 5.45. The Labute approximate surface area is 145 Å². The maximum atomic E-state index is 4.26. The SMILES string of the molecule is c1ccc(N=Nc2ccc(-n3nncc3-c3ccccc3)cc2)cc1. The van der Waals surface area contributed by atoms with Crippen molar-refractivity contribution in [2.75, 3.05) is 0 Å². The minimum absolute atomic E-state index is 0.786. The van der Waals surface area contributed by atoms with Gasteiger partial charge in [-0.25, -0.2) is 4.68 Å². The topological polar surface area (TPSA) is 55.4 Å². The Balaban J connectivity index is 1.60. The molecule has 0 saturated carbocycles. The predicted octanol–water partition coefficient (Wildman–Crippen LogP) is 5.35. The number of aromatic nitrogens is 3. The fourth-order valence-corrected chi connectivity index (χ4v) is 2.50. The summed E-state index contributed by atoms with van der Waals surface area (Å²) in [5, 5.41) is 16.7. The van der Waals surface area contributed by atoms with E-state index in [9.17, 15) is 0 Å². The molecule has 3 aromatic carbocycles. The summed E-state index contributed by atoms with van der Waals surface area (Å²) >= 11 is 0. The maximum Gasteiger partial charge on any atom is 0.0944 e. The Bertz CT molecular complexity index is 974. The van der Waals surface area contributed by atoms with Gasteiger partial charge in [-0.15, -0.1) is 5.10 Å². The van der Waals surface area contributed by atoms with E-state index in [0.717, 1.165) is 28.3 Å². The third kappa shape index (κ3) is 3.35. The van der Waals surface area contributed by atoms with E-state index in [1.807, 2.05) is 89.6 Å². The molecule has 1 aromatic heterocycles. The molecule has 1 heterocycles. The van der Waals surface area contributed by atoms with Gasteiger partial charge in [0.15, 0.2) is 0 Å². The molecule has 4 rings (SSSR count). The molecule has 0 fully saturated rings. The maximum absolute atomic E-state index is 4.26. The van der Waals surface area contributed by atoms with Crippen LogP contribution in [0.1, 0.15) is 0 Å². The van der Waals surface area contributed by atoms with Crippen LogP contribution in [0.4, 0.5) is 11.4 Å². The zero-order valence-electron chi connectivity index (χ0n) is 13.4. The van der Waals surface area contributed by atoms with Gasteiger partial charge < -0.3 is 0 Å². The quantitative estimate of drug-likeness (QED) is 0.475. The monoisotopic (exact) mass is 325 g/mol. The van der Waals surface area contributed by atoms with Crippen molar-refractivity contribution in [3.05, 3.63) is 91.1 Å². The molecule has 0 N–H and O–H groups in total. The van der Waals surface area contributed by atoms with E-state index in [4.69, 9.17) is 0 Å². The van der Waals surface area contributed by atoms with Crippen LogP contribution in [-0.2, 0) is 0 Å². The molecular formula is C20H15N5. The molecule has 0 aliphatic carbocycles. The minimum Gasteiger partial charge on any atom is -0.213 e. The molecule has 0 atom stereocenters. The fraction of sp³-hybridized carbons (Fsp3) is 0. The van der Waals surface area contributed by atoms with Crippen LogP contribution in [0.2, 0.25) is 0 Å². The Morgan fingerprint density at radius 2 is 1.24 bits per heavy atom. The molecule has 0 spiro atoms. The van der Waals surface area contributed by atoms with E-state index in [1.165, 1.54) is 0 Å². The van der Waals surface area contributed by atoms with Gasteiger partial charge in [-0.2, -0.15) is 10.2 Å². The normalized spacial score (nSPS) is 11.0. The van der Waals surface area contributed by atoms with Crippen molar-refractivity contribution in [1.82, 2.24) is 15.0 Å². The predicted molar refractivity (Wildman–Crippen MR) is 97.4 cm³/mol. The second-order valence-corrected chi connectivity index (χ2v) is 5.45. The largest absolute Gasteiger partial charge is 0.213 e. The van der Waals surface area contributed by atoms with Crippen LogP contribution in [0, 0.1) is 0 Å². The van der Waals surface area contributed by atoms with Gasteiger partial charge in [0.25, 0.3) is 0 Å². The highest BCUT2D eigenvalue weighted by molar-refractivity contribution is 5.61. The van der Waals surface area contributed by atoms with Gasteiger partial charge in [-0.05, 0) is 36.4 Å². The van der Waals surface area contributed by atoms with Crippen molar-refractivity contribution in [1.29, 1.82) is 0 Å². The summed E-state index contributed by atoms with van der Waals surface area (Å²) in [4.78, 5) is 0. The summed E-state index contributed by atoms with van der Waals surface area (Å²) in [5.74, 6) is 0. The van der Waals surface area contributed by atoms with Crippen LogP contribution < -0.4 is 0 Å². The lowest BCUT2D eigenvalue weighted by Crippen LogP contribution is -1.98. The van der Waals surface area contributed by atoms with Crippen LogP contribution in [0.5, 0.6) is 0 Å². The number of benzene rings is 3. The number of nitrogens with zero attached hydrogens (tertiary/aromatic N) is 5. The third-order valence-corrected chi connectivity index (χ3v) is 3.75. The number of azo groups is 1. The van der Waals surface area contributed by atoms with Crippen LogP contribution >= 0.6 is 0 Å². The Morgan fingerprint density at radius 3 is 1.92 bits per heavy atom. The van der Waals surface area contributed by atoms with Gasteiger partial charge >= 0.3 is 0 Å². The Hall–Kier alpha value is -3.60. The summed E-state index contributed by atoms with van der Waals surface area (Å²) < 4.78 is 1.81. The second kappa shape index (κ2) is 6.88. The molecule has 0 saturated heterocycles. The highest BCUT2D eigenvalue weighted by Gasteiger charge is 2.08. The lowest BCUT2D eigenvalue weighted by atomic mass is 10.1. The highest BCUT2D eigenvalue weighted by atomic mass is 15.4. The molecular weight excluding hydrogens is 310 g/mol. The van der Waals surface area contributed by atoms with E-state index in [1.54, 1.807) is 6.20 Å². The van der Waals surface area contributed by atoms with Gasteiger partial charge in [0, 0.05) is 5.56 Å². The van der Waals surface area contributed by atoms with Crippen LogP contribution in [0.25, 0.3) is 16.9 Å². The third-order valence-electron chi connectivity index (χ3n) is 3.75. The number of hydrogen-bond acceptors (Lipinski definition) is 4. The van der Waals surface area contributed by atoms with E-state index < -0.39 is 0 Å². The van der Waals surface area contributed by atoms with Gasteiger partial charge in [-0.1, -0.05) is 53.7 Å². The summed E-state index contributed by atoms with van der Waals surface area (Å²) in [6, 6.07) is 27.5. The lowest BCUT2D eigenvalue weighted by Gasteiger charge is -2.06. The molecule has 5 nitrogen and oxygen atoms in total. The first-order chi connectivity index (χ1) is 12.4. The van der Waals surface area contributed by atoms with E-state index in [-0.39, 0.29) is 0 Å². The molecule has 120 valence electrons. The van der Waals surface area contributed by atoms with Crippen molar-refractivity contribution >= 4 is 11.4 Å². The van der Waals surface area contributed by atoms with Crippen LogP contribution in [0.3, 0.4) is 0 Å². The van der Waals surface area contributed by atoms with E-state index >= 15 is 0 Å². The molecule has 5 heteroatoms. The molecule has 0 amide bonds. The Kier molecular flexibility index (Phi) is 4.12. The van der Waals surface area contributed by atoms with Crippen molar-refractivity contribution in [3.8, 4) is 16.9 Å². The van der Waals surface area contributed by atoms with Gasteiger partial charge in [0.1, 0.15) is 0 Å². The van der Waals surface area contributed by atoms with Gasteiger partial charge in [0.05, 0.1) is 29.0 Å². The molecule has 0 aliphatic heterocycles. The molecule has 25 heavy (non-hydrogen) atoms. The zero-order chi connectivity index (χ0) is 16.9. The van der Waals surface area contributed by atoms with Crippen LogP contribution in [0.15, 0.2) is 101 Å². The van der Waals surface area contributed by atoms with E-state index in [2.05, 4.69) is 20.5 Å². The molecule has 0 radical (unpaired) electrons. The fourth-order valence-electron chi connectivity index (χ4n) is 2.50. The van der Waals surface area contributed by atoms with Gasteiger partial charge in [0.2, 0.25) is 0 Å². The van der Waals surface area contributed by atoms with Crippen molar-refractivity contribution in [2.24, 2.45) is 10.2 Å². The summed E-state index contributed by atoms with van der Waals surface area (Å²) in [6.45, 7) is 0. The first kappa shape index (κ1) is 15.0. The standard InChI is InChI=1S/C20H15N5/c1-3-7-16(8-4-1)20-15-21-24-25(20)19-13-11-18(12-14-19)23-22-17-9-5-2-6-10-17/h1-15H. The summed E-state index contributed by atoms with van der Waals surface area (Å²) in [5.41, 5.74) is 4.55. The van der Waals surface area contributed by atoms with E-state index in [0.29, 0.717) is 0 Å². The molecule has 0 bridgehead atoms. The van der Waals surface area contributed by atoms with Crippen molar-refractivity contribution in [2.45, 2.75) is 0 Å². The number of hydrogen-bond donors (Lipinski definition) is 0. The molecule has 0 unspecified atom stereocenters. The Morgan fingerprint density at radius 1 is 0.640 bits per heavy atom. The average Bonchev–Trinajstić information content (AvgIpc) is 3.18. The smallest absolute Gasteiger partial charge is 0.0944 e. The van der Waals surface area contributed by atoms with Crippen molar-refractivity contribution < 1.29 is 0 Å². The molecule has 4 aromatic rings. The summed E-state index contributed by atoms with van der Waals surface area (Å²) in [7, 11) is 0. The highest BCUT2D eigenvalue weighted by Crippen LogP contribution is 2.23. The summed E-state index contributed by atoms with van der Waals surface area (Å²) in [6.07, 6.45) is 1.76. The first-order valence-electron chi connectivity index (χ1n) is 7.93. The lowest BCUT2D eigenvalue weighted by molar-refractivity contribution is 0.808. The first-order valence-corrected chi connectivity index (χ1v) is 7.93.